The van der Waals surface area contributed by atoms with Crippen molar-refractivity contribution in [1.82, 2.24) is 0 Å². The third-order valence-corrected chi connectivity index (χ3v) is 2.12. The number of carbonyl (C=O) groups excluding carboxylic acids is 1. The summed E-state index contributed by atoms with van der Waals surface area (Å²) < 4.78 is 0. The van der Waals surface area contributed by atoms with Crippen LogP contribution in [0.25, 0.3) is 0 Å². The molecule has 15 heavy (non-hydrogen) atoms. The van der Waals surface area contributed by atoms with Gasteiger partial charge < -0.3 is 0 Å². The molecule has 0 aromatic rings. The fraction of sp³-hybridized carbons (Fsp3) is 0.375. The van der Waals surface area contributed by atoms with Crippen LogP contribution in [0, 0.1) is 20.2 Å². The molecule has 0 fully saturated rings. The molecule has 0 N–H and O–H groups in total. The maximum absolute atomic E-state index is 11.4. The minimum atomic E-state index is -1.19. The van der Waals surface area contributed by atoms with Crippen LogP contribution in [0.5, 0.6) is 0 Å². The maximum atomic E-state index is 11.4. The number of hydrogen-bond donors (Lipinski definition) is 0. The van der Waals surface area contributed by atoms with Gasteiger partial charge in [-0.25, -0.2) is 0 Å². The first kappa shape index (κ1) is 11.0. The topological polar surface area (TPSA) is 103 Å². The number of ketones is 1. The third kappa shape index (κ3) is 2.06. The van der Waals surface area contributed by atoms with Gasteiger partial charge in [-0.15, -0.1) is 0 Å². The zero-order valence-electron chi connectivity index (χ0n) is 7.87. The highest BCUT2D eigenvalue weighted by atomic mass is 16.6. The first-order valence-electron chi connectivity index (χ1n) is 4.17. The molecule has 7 nitrogen and oxygen atoms in total. The molecule has 0 saturated carbocycles. The van der Waals surface area contributed by atoms with Crippen LogP contribution in [0.1, 0.15) is 13.3 Å². The van der Waals surface area contributed by atoms with Gasteiger partial charge in [-0.1, -0.05) is 6.08 Å². The lowest BCUT2D eigenvalue weighted by Crippen LogP contribution is -2.29. The first-order chi connectivity index (χ1) is 6.97. The Morgan fingerprint density at radius 1 is 1.47 bits per heavy atom. The Balaban J connectivity index is 3.17. The summed E-state index contributed by atoms with van der Waals surface area (Å²) in [5.74, 6) is -0.736. The van der Waals surface area contributed by atoms with Crippen molar-refractivity contribution in [2.24, 2.45) is 0 Å². The van der Waals surface area contributed by atoms with Gasteiger partial charge in [-0.05, 0) is 6.92 Å². The molecule has 1 unspecified atom stereocenters. The Hall–Kier alpha value is -2.05. The highest BCUT2D eigenvalue weighted by Crippen LogP contribution is 2.22. The predicted molar refractivity (Wildman–Crippen MR) is 49.2 cm³/mol. The van der Waals surface area contributed by atoms with Crippen molar-refractivity contribution < 1.29 is 14.6 Å². The van der Waals surface area contributed by atoms with Crippen molar-refractivity contribution in [1.29, 1.82) is 0 Å². The molecule has 0 bridgehead atoms. The molecule has 1 atom stereocenters. The van der Waals surface area contributed by atoms with E-state index in [1.54, 1.807) is 0 Å². The second-order valence-electron chi connectivity index (χ2n) is 3.01. The van der Waals surface area contributed by atoms with Crippen LogP contribution in [0.2, 0.25) is 0 Å². The van der Waals surface area contributed by atoms with Gasteiger partial charge in [0.2, 0.25) is 6.04 Å². The number of Topliss-reactive ketones (excluding diaryl/α,β-unsaturated/α-hetero) is 1. The average Bonchev–Trinajstić information content (AvgIpc) is 2.17. The van der Waals surface area contributed by atoms with Crippen molar-refractivity contribution >= 4 is 5.78 Å². The zero-order valence-corrected chi connectivity index (χ0v) is 7.87. The van der Waals surface area contributed by atoms with Crippen molar-refractivity contribution in [2.45, 2.75) is 19.4 Å². The van der Waals surface area contributed by atoms with Gasteiger partial charge in [-0.2, -0.15) is 0 Å². The second kappa shape index (κ2) is 3.99. The normalized spacial score (nSPS) is 23.8. The summed E-state index contributed by atoms with van der Waals surface area (Å²) in [6.45, 7) is 1.52. The van der Waals surface area contributed by atoms with Crippen molar-refractivity contribution in [3.63, 3.8) is 0 Å². The number of carbonyl (C=O) groups is 1. The molecule has 1 rings (SSSR count). The lowest BCUT2D eigenvalue weighted by molar-refractivity contribution is -0.511. The van der Waals surface area contributed by atoms with Gasteiger partial charge >= 0.3 is 5.70 Å². The smallest absolute Gasteiger partial charge is 0.282 e. The zero-order chi connectivity index (χ0) is 11.6. The van der Waals surface area contributed by atoms with Gasteiger partial charge in [0, 0.05) is 16.9 Å². The highest BCUT2D eigenvalue weighted by molar-refractivity contribution is 6.07. The fourth-order valence-corrected chi connectivity index (χ4v) is 1.33. The molecular formula is C8H8N2O5. The van der Waals surface area contributed by atoms with Crippen LogP contribution >= 0.6 is 0 Å². The van der Waals surface area contributed by atoms with Gasteiger partial charge in [0.25, 0.3) is 5.78 Å². The Kier molecular flexibility index (Phi) is 2.93. The maximum Gasteiger partial charge on any atom is 0.319 e. The molecular weight excluding hydrogens is 204 g/mol. The van der Waals surface area contributed by atoms with Crippen LogP contribution in [0.15, 0.2) is 23.4 Å². The largest absolute Gasteiger partial charge is 0.319 e. The van der Waals surface area contributed by atoms with E-state index in [4.69, 9.17) is 0 Å². The van der Waals surface area contributed by atoms with Gasteiger partial charge in [0.05, 0.1) is 11.0 Å². The third-order valence-electron chi connectivity index (χ3n) is 2.12. The number of nitro groups is 2. The molecule has 80 valence electrons. The van der Waals surface area contributed by atoms with Crippen LogP contribution in [-0.2, 0) is 4.79 Å². The fourth-order valence-electron chi connectivity index (χ4n) is 1.33. The van der Waals surface area contributed by atoms with Crippen molar-refractivity contribution in [3.8, 4) is 0 Å². The predicted octanol–water partition coefficient (Wildman–Crippen LogP) is 0.711. The molecule has 7 heteroatoms. The average molecular weight is 212 g/mol. The van der Waals surface area contributed by atoms with E-state index in [1.807, 2.05) is 0 Å². The summed E-state index contributed by atoms with van der Waals surface area (Å²) >= 11 is 0. The summed E-state index contributed by atoms with van der Waals surface area (Å²) in [6, 6.07) is -1.19. The number of allylic oxidation sites excluding steroid dienone is 2. The van der Waals surface area contributed by atoms with E-state index in [1.165, 1.54) is 13.0 Å². The van der Waals surface area contributed by atoms with Gasteiger partial charge in [-0.3, -0.25) is 25.0 Å². The van der Waals surface area contributed by atoms with Crippen LogP contribution < -0.4 is 0 Å². The van der Waals surface area contributed by atoms with E-state index in [0.29, 0.717) is 0 Å². The molecule has 1 aliphatic carbocycles. The van der Waals surface area contributed by atoms with Gasteiger partial charge in [0.1, 0.15) is 0 Å². The molecule has 0 saturated heterocycles. The van der Waals surface area contributed by atoms with Crippen LogP contribution in [0.3, 0.4) is 0 Å². The monoisotopic (exact) mass is 212 g/mol. The first-order valence-corrected chi connectivity index (χ1v) is 4.17. The summed E-state index contributed by atoms with van der Waals surface area (Å²) in [6.07, 6.45) is 2.09. The minimum absolute atomic E-state index is 0.0837. The summed E-state index contributed by atoms with van der Waals surface area (Å²) in [5.41, 5.74) is -0.595. The molecule has 0 aromatic heterocycles. The summed E-state index contributed by atoms with van der Waals surface area (Å²) in [5, 5.41) is 21.0. The standard InChI is InChI=1S/C8H8N2O5/c1-2-5-3-6(9(12)13)4-7(8(5)11)10(14)15/h2,4,6H,3H2,1H3. The Bertz CT molecular complexity index is 396. The lowest BCUT2D eigenvalue weighted by atomic mass is 9.93. The molecule has 0 spiro atoms. The number of nitrogens with zero attached hydrogens (tertiary/aromatic N) is 2. The Labute approximate surface area is 84.4 Å². The van der Waals surface area contributed by atoms with E-state index >= 15 is 0 Å². The van der Waals surface area contributed by atoms with E-state index in [-0.39, 0.29) is 12.0 Å². The van der Waals surface area contributed by atoms with Crippen LogP contribution in [0.4, 0.5) is 0 Å². The molecule has 1 aliphatic rings. The van der Waals surface area contributed by atoms with Crippen molar-refractivity contribution in [2.75, 3.05) is 0 Å². The number of rotatable bonds is 2. The highest BCUT2D eigenvalue weighted by Gasteiger charge is 2.37. The van der Waals surface area contributed by atoms with E-state index < -0.39 is 27.4 Å². The van der Waals surface area contributed by atoms with Crippen LogP contribution in [-0.4, -0.2) is 21.7 Å². The SMILES string of the molecule is CC=C1CC([N+](=O)[O-])C=C([N+](=O)[O-])C1=O. The minimum Gasteiger partial charge on any atom is -0.282 e. The lowest BCUT2D eigenvalue weighted by Gasteiger charge is -2.12. The van der Waals surface area contributed by atoms with Crippen molar-refractivity contribution in [3.05, 3.63) is 43.7 Å². The quantitative estimate of drug-likeness (QED) is 0.381. The summed E-state index contributed by atoms with van der Waals surface area (Å²) in [7, 11) is 0. The molecule has 0 aliphatic heterocycles. The number of hydrogen-bond acceptors (Lipinski definition) is 5. The molecule has 0 aromatic carbocycles. The molecule has 0 amide bonds. The molecule has 0 radical (unpaired) electrons. The van der Waals surface area contributed by atoms with E-state index in [2.05, 4.69) is 0 Å². The molecule has 0 heterocycles. The van der Waals surface area contributed by atoms with E-state index in [0.717, 1.165) is 6.08 Å². The Morgan fingerprint density at radius 2 is 2.07 bits per heavy atom. The second-order valence-corrected chi connectivity index (χ2v) is 3.01. The van der Waals surface area contributed by atoms with Gasteiger partial charge in [0.15, 0.2) is 0 Å². The Morgan fingerprint density at radius 3 is 2.47 bits per heavy atom. The van der Waals surface area contributed by atoms with E-state index in [9.17, 15) is 25.0 Å². The summed E-state index contributed by atoms with van der Waals surface area (Å²) in [4.78, 5) is 30.8.